The summed E-state index contributed by atoms with van der Waals surface area (Å²) in [5, 5.41) is 4.91. The molecule has 0 radical (unpaired) electrons. The van der Waals surface area contributed by atoms with Crippen molar-refractivity contribution < 1.29 is 4.43 Å². The topological polar surface area (TPSA) is 26.2 Å². The first kappa shape index (κ1) is 19.6. The van der Waals surface area contributed by atoms with E-state index in [-0.39, 0.29) is 5.04 Å². The van der Waals surface area contributed by atoms with Gasteiger partial charge in [-0.2, -0.15) is 0 Å². The van der Waals surface area contributed by atoms with Gasteiger partial charge in [-0.1, -0.05) is 51.1 Å². The maximum atomic E-state index is 6.74. The van der Waals surface area contributed by atoms with Gasteiger partial charge in [-0.15, -0.1) is 0 Å². The number of aromatic nitrogens is 1. The van der Waals surface area contributed by atoms with Crippen LogP contribution in [-0.4, -0.2) is 12.9 Å². The Morgan fingerprint density at radius 1 is 1.04 bits per heavy atom. The quantitative estimate of drug-likeness (QED) is 0.512. The molecule has 0 aliphatic rings. The molecule has 1 aromatic heterocycles. The summed E-state index contributed by atoms with van der Waals surface area (Å²) in [6.07, 6.45) is 0. The fourth-order valence-corrected chi connectivity index (χ4v) is 4.06. The number of hydrogen-bond acceptors (Lipinski definition) is 2. The monoisotopic (exact) mass is 380 g/mol. The minimum atomic E-state index is -1.90. The Kier molecular flexibility index (Phi) is 5.13. The summed E-state index contributed by atoms with van der Waals surface area (Å²) < 4.78 is 8.97. The SMILES string of the molecule is Cc1c(O[Si](C)(C)C(C)(C)C)c2cc(NCc3ccccc3)ccc2n1C. The van der Waals surface area contributed by atoms with Crippen LogP contribution in [0.2, 0.25) is 18.1 Å². The predicted octanol–water partition coefficient (Wildman–Crippen LogP) is 6.48. The first-order valence-corrected chi connectivity index (χ1v) is 12.6. The van der Waals surface area contributed by atoms with Crippen molar-refractivity contribution in [2.75, 3.05) is 5.32 Å². The molecule has 0 aliphatic heterocycles. The molecule has 4 heteroatoms. The zero-order valence-electron chi connectivity index (χ0n) is 17.7. The summed E-state index contributed by atoms with van der Waals surface area (Å²) in [5.41, 5.74) is 4.80. The molecule has 0 saturated carbocycles. The molecule has 144 valence electrons. The number of anilines is 1. The van der Waals surface area contributed by atoms with Gasteiger partial charge in [0.2, 0.25) is 0 Å². The molecule has 1 heterocycles. The summed E-state index contributed by atoms with van der Waals surface area (Å²) in [4.78, 5) is 0. The fourth-order valence-electron chi connectivity index (χ4n) is 2.99. The van der Waals surface area contributed by atoms with E-state index < -0.39 is 8.32 Å². The molecule has 27 heavy (non-hydrogen) atoms. The van der Waals surface area contributed by atoms with Crippen LogP contribution in [0.5, 0.6) is 5.75 Å². The second kappa shape index (κ2) is 7.08. The van der Waals surface area contributed by atoms with Gasteiger partial charge in [0.25, 0.3) is 8.32 Å². The highest BCUT2D eigenvalue weighted by Gasteiger charge is 2.40. The van der Waals surface area contributed by atoms with Gasteiger partial charge in [0.1, 0.15) is 5.75 Å². The lowest BCUT2D eigenvalue weighted by atomic mass is 10.2. The van der Waals surface area contributed by atoms with Crippen LogP contribution in [0.15, 0.2) is 48.5 Å². The average molecular weight is 381 g/mol. The molecule has 0 aliphatic carbocycles. The zero-order valence-corrected chi connectivity index (χ0v) is 18.7. The smallest absolute Gasteiger partial charge is 0.250 e. The Bertz CT molecular complexity index is 936. The van der Waals surface area contributed by atoms with Gasteiger partial charge < -0.3 is 14.3 Å². The largest absolute Gasteiger partial charge is 0.542 e. The molecule has 0 spiro atoms. The summed E-state index contributed by atoms with van der Waals surface area (Å²) in [5.74, 6) is 1.04. The third-order valence-corrected chi connectivity index (χ3v) is 10.3. The molecule has 0 atom stereocenters. The van der Waals surface area contributed by atoms with Crippen molar-refractivity contribution in [3.63, 3.8) is 0 Å². The number of fused-ring (bicyclic) bond motifs is 1. The van der Waals surface area contributed by atoms with E-state index in [0.29, 0.717) is 0 Å². The third kappa shape index (κ3) is 3.91. The minimum absolute atomic E-state index is 0.171. The van der Waals surface area contributed by atoms with Crippen LogP contribution in [0.25, 0.3) is 10.9 Å². The van der Waals surface area contributed by atoms with Crippen LogP contribution >= 0.6 is 0 Å². The summed E-state index contributed by atoms with van der Waals surface area (Å²) in [6.45, 7) is 14.4. The molecule has 1 N–H and O–H groups in total. The molecule has 3 aromatic rings. The van der Waals surface area contributed by atoms with E-state index in [4.69, 9.17) is 4.43 Å². The van der Waals surface area contributed by atoms with Crippen molar-refractivity contribution in [1.82, 2.24) is 4.57 Å². The number of rotatable bonds is 5. The van der Waals surface area contributed by atoms with Crippen LogP contribution in [0, 0.1) is 6.92 Å². The van der Waals surface area contributed by atoms with Crippen molar-refractivity contribution in [3.05, 3.63) is 59.8 Å². The van der Waals surface area contributed by atoms with E-state index in [1.165, 1.54) is 22.2 Å². The van der Waals surface area contributed by atoms with Gasteiger partial charge in [-0.3, -0.25) is 0 Å². The third-order valence-electron chi connectivity index (χ3n) is 5.94. The number of nitrogens with one attached hydrogen (secondary N) is 1. The number of nitrogens with zero attached hydrogens (tertiary/aromatic N) is 1. The molecule has 0 bridgehead atoms. The van der Waals surface area contributed by atoms with Gasteiger partial charge in [-0.05, 0) is 48.8 Å². The first-order valence-electron chi connectivity index (χ1n) is 9.66. The average Bonchev–Trinajstić information content (AvgIpc) is 2.84. The van der Waals surface area contributed by atoms with Crippen LogP contribution in [0.4, 0.5) is 5.69 Å². The van der Waals surface area contributed by atoms with Crippen LogP contribution in [-0.2, 0) is 13.6 Å². The lowest BCUT2D eigenvalue weighted by Gasteiger charge is -2.36. The van der Waals surface area contributed by atoms with Crippen molar-refractivity contribution >= 4 is 24.9 Å². The minimum Gasteiger partial charge on any atom is -0.542 e. The number of hydrogen-bond donors (Lipinski definition) is 1. The van der Waals surface area contributed by atoms with Crippen molar-refractivity contribution in [2.24, 2.45) is 7.05 Å². The van der Waals surface area contributed by atoms with E-state index in [1.807, 2.05) is 6.07 Å². The lowest BCUT2D eigenvalue weighted by molar-refractivity contribution is 0.491. The van der Waals surface area contributed by atoms with Gasteiger partial charge >= 0.3 is 0 Å². The van der Waals surface area contributed by atoms with Crippen LogP contribution in [0.1, 0.15) is 32.0 Å². The predicted molar refractivity (Wildman–Crippen MR) is 119 cm³/mol. The summed E-state index contributed by atoms with van der Waals surface area (Å²) in [6, 6.07) is 17.1. The first-order chi connectivity index (χ1) is 12.6. The maximum Gasteiger partial charge on any atom is 0.250 e. The second-order valence-corrected chi connectivity index (χ2v) is 13.6. The Hall–Kier alpha value is -2.20. The Labute approximate surface area is 164 Å². The Balaban J connectivity index is 1.95. The highest BCUT2D eigenvalue weighted by Crippen LogP contribution is 2.42. The van der Waals surface area contributed by atoms with E-state index in [2.05, 4.69) is 100 Å². The standard InChI is InChI=1S/C23H32N2OSi/c1-17-22(26-27(6,7)23(2,3)4)20-15-19(13-14-21(20)25(17)5)24-16-18-11-9-8-10-12-18/h8-15,24H,16H2,1-7H3. The molecular formula is C23H32N2OSi. The van der Waals surface area contributed by atoms with E-state index >= 15 is 0 Å². The normalized spacial score (nSPS) is 12.4. The van der Waals surface area contributed by atoms with Gasteiger partial charge in [0.05, 0.1) is 11.2 Å². The molecule has 3 nitrogen and oxygen atoms in total. The van der Waals surface area contributed by atoms with E-state index in [0.717, 1.165) is 18.0 Å². The molecule has 3 rings (SSSR count). The highest BCUT2D eigenvalue weighted by atomic mass is 28.4. The van der Waals surface area contributed by atoms with Crippen molar-refractivity contribution in [1.29, 1.82) is 0 Å². The molecule has 2 aromatic carbocycles. The Morgan fingerprint density at radius 2 is 1.70 bits per heavy atom. The lowest BCUT2D eigenvalue weighted by Crippen LogP contribution is -2.44. The van der Waals surface area contributed by atoms with Gasteiger partial charge in [0, 0.05) is 24.7 Å². The molecule has 0 amide bonds. The Morgan fingerprint density at radius 3 is 2.33 bits per heavy atom. The highest BCUT2D eigenvalue weighted by molar-refractivity contribution is 6.74. The second-order valence-electron chi connectivity index (χ2n) is 8.91. The maximum absolute atomic E-state index is 6.74. The molecule has 0 saturated heterocycles. The molecule has 0 fully saturated rings. The van der Waals surface area contributed by atoms with Gasteiger partial charge in [-0.25, -0.2) is 0 Å². The number of aryl methyl sites for hydroxylation is 1. The number of benzene rings is 2. The van der Waals surface area contributed by atoms with Crippen molar-refractivity contribution in [2.45, 2.75) is 52.4 Å². The van der Waals surface area contributed by atoms with Crippen molar-refractivity contribution in [3.8, 4) is 5.75 Å². The zero-order chi connectivity index (χ0) is 19.8. The van der Waals surface area contributed by atoms with E-state index in [1.54, 1.807) is 0 Å². The fraction of sp³-hybridized carbons (Fsp3) is 0.391. The van der Waals surface area contributed by atoms with E-state index in [9.17, 15) is 0 Å². The van der Waals surface area contributed by atoms with Crippen LogP contribution < -0.4 is 9.74 Å². The molecule has 0 unspecified atom stereocenters. The van der Waals surface area contributed by atoms with Gasteiger partial charge in [0.15, 0.2) is 0 Å². The van der Waals surface area contributed by atoms with Crippen LogP contribution in [0.3, 0.4) is 0 Å². The summed E-state index contributed by atoms with van der Waals surface area (Å²) in [7, 11) is 0.215. The molecular weight excluding hydrogens is 348 g/mol. The summed E-state index contributed by atoms with van der Waals surface area (Å²) >= 11 is 0.